The Kier molecular flexibility index (Phi) is 5.56. The van der Waals surface area contributed by atoms with E-state index in [1.54, 1.807) is 13.2 Å². The van der Waals surface area contributed by atoms with Gasteiger partial charge in [0.05, 0.1) is 35.2 Å². The SMILES string of the molecule is COc1ccc2ncc(=O)n([C@H]3CC[C@H](NCc4cc5c(=O)oc6ccc(F)cc6c5[nH]4)CC3)c2c1. The van der Waals surface area contributed by atoms with Gasteiger partial charge in [-0.2, -0.15) is 0 Å². The predicted octanol–water partition coefficient (Wildman–Crippen LogP) is 4.41. The molecule has 0 unspecified atom stereocenters. The van der Waals surface area contributed by atoms with Gasteiger partial charge in [0, 0.05) is 35.8 Å². The van der Waals surface area contributed by atoms with Crippen LogP contribution in [0.2, 0.25) is 0 Å². The summed E-state index contributed by atoms with van der Waals surface area (Å²) >= 11 is 0. The Morgan fingerprint density at radius 3 is 2.75 bits per heavy atom. The molecule has 6 rings (SSSR count). The third kappa shape index (κ3) is 3.95. The van der Waals surface area contributed by atoms with Gasteiger partial charge in [0.15, 0.2) is 0 Å². The lowest BCUT2D eigenvalue weighted by molar-refractivity contribution is 0.290. The van der Waals surface area contributed by atoms with Gasteiger partial charge in [0.25, 0.3) is 5.56 Å². The van der Waals surface area contributed by atoms with E-state index in [1.165, 1.54) is 24.4 Å². The highest BCUT2D eigenvalue weighted by molar-refractivity contribution is 6.02. The van der Waals surface area contributed by atoms with Crippen molar-refractivity contribution in [1.82, 2.24) is 19.9 Å². The molecule has 0 aliphatic heterocycles. The van der Waals surface area contributed by atoms with Gasteiger partial charge in [0.2, 0.25) is 0 Å². The van der Waals surface area contributed by atoms with Gasteiger partial charge in [-0.05, 0) is 62.1 Å². The molecule has 1 aliphatic rings. The third-order valence-corrected chi connectivity index (χ3v) is 7.14. The molecule has 0 atom stereocenters. The molecule has 9 heteroatoms. The standard InChI is InChI=1S/C27H25FN4O4/c1-35-19-7-8-22-23(12-19)32(25(33)14-30-22)18-5-3-16(4-6-18)29-13-17-11-21-26(31-17)20-10-15(28)2-9-24(20)36-27(21)34/h2,7-12,14,16,18,29,31H,3-6,13H2,1H3/t16-,18-. The number of ether oxygens (including phenoxy) is 1. The van der Waals surface area contributed by atoms with Gasteiger partial charge in [0.1, 0.15) is 17.1 Å². The molecule has 3 heterocycles. The number of hydrogen-bond donors (Lipinski definition) is 2. The van der Waals surface area contributed by atoms with E-state index in [0.717, 1.165) is 42.4 Å². The molecule has 2 N–H and O–H groups in total. The lowest BCUT2D eigenvalue weighted by Gasteiger charge is -2.31. The lowest BCUT2D eigenvalue weighted by atomic mass is 9.90. The summed E-state index contributed by atoms with van der Waals surface area (Å²) in [5.41, 5.74) is 2.78. The molecule has 1 fully saturated rings. The van der Waals surface area contributed by atoms with Gasteiger partial charge in [-0.3, -0.25) is 4.79 Å². The number of hydrogen-bond acceptors (Lipinski definition) is 6. The molecule has 0 amide bonds. The summed E-state index contributed by atoms with van der Waals surface area (Å²) in [6.07, 6.45) is 4.91. The molecule has 1 saturated carbocycles. The first-order chi connectivity index (χ1) is 17.5. The first-order valence-corrected chi connectivity index (χ1v) is 12.0. The van der Waals surface area contributed by atoms with Crippen molar-refractivity contribution in [2.45, 2.75) is 44.3 Å². The Labute approximate surface area is 204 Å². The van der Waals surface area contributed by atoms with Crippen LogP contribution in [0.25, 0.3) is 32.9 Å². The Bertz CT molecular complexity index is 1710. The Balaban J connectivity index is 1.18. The van der Waals surface area contributed by atoms with E-state index in [-0.39, 0.29) is 23.5 Å². The van der Waals surface area contributed by atoms with Crippen LogP contribution in [-0.4, -0.2) is 27.7 Å². The molecule has 0 bridgehead atoms. The Morgan fingerprint density at radius 2 is 1.94 bits per heavy atom. The molecule has 0 spiro atoms. The number of halogens is 1. The summed E-state index contributed by atoms with van der Waals surface area (Å²) in [4.78, 5) is 32.7. The largest absolute Gasteiger partial charge is 0.497 e. The summed E-state index contributed by atoms with van der Waals surface area (Å²) in [7, 11) is 1.61. The van der Waals surface area contributed by atoms with Crippen LogP contribution >= 0.6 is 0 Å². The van der Waals surface area contributed by atoms with Gasteiger partial charge in [-0.25, -0.2) is 14.2 Å². The zero-order valence-electron chi connectivity index (χ0n) is 19.7. The van der Waals surface area contributed by atoms with Crippen molar-refractivity contribution in [2.24, 2.45) is 0 Å². The van der Waals surface area contributed by atoms with E-state index in [0.29, 0.717) is 34.2 Å². The topological polar surface area (TPSA) is 102 Å². The quantitative estimate of drug-likeness (QED) is 0.356. The molecular weight excluding hydrogens is 463 g/mol. The summed E-state index contributed by atoms with van der Waals surface area (Å²) in [5.74, 6) is 0.310. The zero-order chi connectivity index (χ0) is 24.8. The second-order valence-electron chi connectivity index (χ2n) is 9.32. The van der Waals surface area contributed by atoms with Crippen LogP contribution in [-0.2, 0) is 6.54 Å². The maximum atomic E-state index is 13.8. The molecule has 0 radical (unpaired) electrons. The van der Waals surface area contributed by atoms with Crippen LogP contribution < -0.4 is 21.2 Å². The fourth-order valence-electron chi connectivity index (χ4n) is 5.33. The van der Waals surface area contributed by atoms with Crippen molar-refractivity contribution in [3.63, 3.8) is 0 Å². The Morgan fingerprint density at radius 1 is 1.11 bits per heavy atom. The average molecular weight is 489 g/mol. The molecule has 8 nitrogen and oxygen atoms in total. The molecule has 2 aromatic carbocycles. The second-order valence-corrected chi connectivity index (χ2v) is 9.32. The van der Waals surface area contributed by atoms with Crippen molar-refractivity contribution in [1.29, 1.82) is 0 Å². The van der Waals surface area contributed by atoms with Crippen LogP contribution in [0.15, 0.2) is 62.7 Å². The number of aromatic amines is 1. The van der Waals surface area contributed by atoms with Crippen molar-refractivity contribution in [3.8, 4) is 5.75 Å². The van der Waals surface area contributed by atoms with Crippen LogP contribution in [0.5, 0.6) is 5.75 Å². The fourth-order valence-corrected chi connectivity index (χ4v) is 5.33. The monoisotopic (exact) mass is 488 g/mol. The Hall–Kier alpha value is -3.98. The van der Waals surface area contributed by atoms with E-state index < -0.39 is 5.63 Å². The molecule has 0 saturated heterocycles. The molecule has 184 valence electrons. The first kappa shape index (κ1) is 22.5. The molecular formula is C27H25FN4O4. The van der Waals surface area contributed by atoms with Crippen LogP contribution in [0.3, 0.4) is 0 Å². The highest BCUT2D eigenvalue weighted by atomic mass is 19.1. The fraction of sp³-hybridized carbons (Fsp3) is 0.296. The van der Waals surface area contributed by atoms with Gasteiger partial charge in [-0.1, -0.05) is 0 Å². The number of methoxy groups -OCH3 is 1. The summed E-state index contributed by atoms with van der Waals surface area (Å²) in [6, 6.07) is 11.8. The number of nitrogens with one attached hydrogen (secondary N) is 2. The van der Waals surface area contributed by atoms with Gasteiger partial charge < -0.3 is 24.0 Å². The van der Waals surface area contributed by atoms with Crippen LogP contribution in [0, 0.1) is 5.82 Å². The minimum Gasteiger partial charge on any atom is -0.497 e. The maximum Gasteiger partial charge on any atom is 0.345 e. The smallest absolute Gasteiger partial charge is 0.345 e. The van der Waals surface area contributed by atoms with Crippen molar-refractivity contribution >= 4 is 32.9 Å². The highest BCUT2D eigenvalue weighted by Gasteiger charge is 2.24. The van der Waals surface area contributed by atoms with Crippen LogP contribution in [0.4, 0.5) is 4.39 Å². The van der Waals surface area contributed by atoms with Crippen LogP contribution in [0.1, 0.15) is 37.4 Å². The molecule has 1 aliphatic carbocycles. The summed E-state index contributed by atoms with van der Waals surface area (Å²) in [5, 5.41) is 4.52. The van der Waals surface area contributed by atoms with Crippen molar-refractivity contribution < 1.29 is 13.5 Å². The highest BCUT2D eigenvalue weighted by Crippen LogP contribution is 2.31. The van der Waals surface area contributed by atoms with E-state index >= 15 is 0 Å². The lowest BCUT2D eigenvalue weighted by Crippen LogP contribution is -2.35. The molecule has 3 aromatic heterocycles. The zero-order valence-corrected chi connectivity index (χ0v) is 19.7. The van der Waals surface area contributed by atoms with E-state index in [9.17, 15) is 14.0 Å². The minimum atomic E-state index is -0.446. The number of nitrogens with zero attached hydrogens (tertiary/aromatic N) is 2. The first-order valence-electron chi connectivity index (χ1n) is 12.0. The summed E-state index contributed by atoms with van der Waals surface area (Å²) < 4.78 is 26.3. The molecule has 36 heavy (non-hydrogen) atoms. The van der Waals surface area contributed by atoms with Crippen molar-refractivity contribution in [2.75, 3.05) is 7.11 Å². The third-order valence-electron chi connectivity index (χ3n) is 7.14. The number of benzene rings is 2. The molecule has 5 aromatic rings. The number of rotatable bonds is 5. The normalized spacial score (nSPS) is 18.3. The summed E-state index contributed by atoms with van der Waals surface area (Å²) in [6.45, 7) is 0.537. The number of aromatic nitrogens is 3. The van der Waals surface area contributed by atoms with E-state index in [4.69, 9.17) is 9.15 Å². The second kappa shape index (κ2) is 8.91. The predicted molar refractivity (Wildman–Crippen MR) is 135 cm³/mol. The van der Waals surface area contributed by atoms with Gasteiger partial charge in [-0.15, -0.1) is 0 Å². The van der Waals surface area contributed by atoms with E-state index in [2.05, 4.69) is 15.3 Å². The van der Waals surface area contributed by atoms with Gasteiger partial charge >= 0.3 is 5.63 Å². The van der Waals surface area contributed by atoms with E-state index in [1.807, 2.05) is 22.8 Å². The number of H-pyrrole nitrogens is 1. The van der Waals surface area contributed by atoms with Crippen molar-refractivity contribution in [3.05, 3.63) is 80.9 Å². The average Bonchev–Trinajstić information content (AvgIpc) is 3.33. The maximum absolute atomic E-state index is 13.8. The minimum absolute atomic E-state index is 0.0899. The number of fused-ring (bicyclic) bond motifs is 4.